The number of nitrogens with zero attached hydrogens (tertiary/aromatic N) is 5. The lowest BCUT2D eigenvalue weighted by molar-refractivity contribution is -0.142. The second kappa shape index (κ2) is 8.75. The summed E-state index contributed by atoms with van der Waals surface area (Å²) in [6.07, 6.45) is -2.04. The molecule has 1 fully saturated rings. The van der Waals surface area contributed by atoms with Gasteiger partial charge in [-0.2, -0.15) is 18.3 Å². The lowest BCUT2D eigenvalue weighted by Crippen LogP contribution is -2.43. The van der Waals surface area contributed by atoms with Crippen molar-refractivity contribution in [2.75, 3.05) is 32.7 Å². The van der Waals surface area contributed by atoms with E-state index in [1.54, 1.807) is 0 Å². The molecule has 0 bridgehead atoms. The minimum absolute atomic E-state index is 0.0442. The molecule has 6 nitrogen and oxygen atoms in total. The fraction of sp³-hybridized carbons (Fsp3) is 0.765. The molecule has 0 amide bonds. The summed E-state index contributed by atoms with van der Waals surface area (Å²) in [7, 11) is 1.49. The second-order valence-electron chi connectivity index (χ2n) is 6.45. The zero-order chi connectivity index (χ0) is 19.3. The van der Waals surface area contributed by atoms with E-state index < -0.39 is 11.9 Å². The number of aryl methyl sites for hydroxylation is 1. The Morgan fingerprint density at radius 1 is 1.35 bits per heavy atom. The monoisotopic (exact) mass is 374 g/mol. The quantitative estimate of drug-likeness (QED) is 0.613. The maximum absolute atomic E-state index is 13.1. The number of rotatable bonds is 6. The SMILES string of the molecule is CCNC(=NCc1cn(C)nc1C(F)(F)F)N1CCC(N(CC)CC)C1. The number of guanidine groups is 1. The van der Waals surface area contributed by atoms with E-state index in [0.29, 0.717) is 18.5 Å². The van der Waals surface area contributed by atoms with Gasteiger partial charge in [0.15, 0.2) is 11.7 Å². The van der Waals surface area contributed by atoms with E-state index in [0.717, 1.165) is 32.6 Å². The van der Waals surface area contributed by atoms with Crippen LogP contribution in [0.25, 0.3) is 0 Å². The Morgan fingerprint density at radius 2 is 2.04 bits per heavy atom. The van der Waals surface area contributed by atoms with Crippen LogP contribution in [0.15, 0.2) is 11.2 Å². The standard InChI is InChI=1S/C17H29F3N6/c1-5-21-16(26-9-8-14(12-26)25(6-2)7-3)22-10-13-11-24(4)23-15(13)17(18,19)20/h11,14H,5-10,12H2,1-4H3,(H,21,22). The van der Waals surface area contributed by atoms with Gasteiger partial charge in [0.05, 0.1) is 6.54 Å². The lowest BCUT2D eigenvalue weighted by Gasteiger charge is -2.27. The van der Waals surface area contributed by atoms with Crippen LogP contribution in [-0.2, 0) is 19.8 Å². The van der Waals surface area contributed by atoms with Crippen molar-refractivity contribution in [3.05, 3.63) is 17.5 Å². The molecule has 1 N–H and O–H groups in total. The summed E-state index contributed by atoms with van der Waals surface area (Å²) >= 11 is 0. The number of halogens is 3. The second-order valence-corrected chi connectivity index (χ2v) is 6.45. The van der Waals surface area contributed by atoms with Crippen molar-refractivity contribution >= 4 is 5.96 Å². The van der Waals surface area contributed by atoms with E-state index in [9.17, 15) is 13.2 Å². The van der Waals surface area contributed by atoms with Gasteiger partial charge < -0.3 is 10.2 Å². The van der Waals surface area contributed by atoms with Crippen LogP contribution in [0.3, 0.4) is 0 Å². The van der Waals surface area contributed by atoms with Crippen molar-refractivity contribution in [3.8, 4) is 0 Å². The highest BCUT2D eigenvalue weighted by atomic mass is 19.4. The third kappa shape index (κ3) is 4.90. The molecule has 1 atom stereocenters. The molecule has 1 aromatic rings. The average molecular weight is 374 g/mol. The zero-order valence-corrected chi connectivity index (χ0v) is 16.0. The number of hydrogen-bond donors (Lipinski definition) is 1. The minimum Gasteiger partial charge on any atom is -0.357 e. The highest BCUT2D eigenvalue weighted by Gasteiger charge is 2.37. The van der Waals surface area contributed by atoms with Gasteiger partial charge in [0, 0.05) is 44.5 Å². The Hall–Kier alpha value is -1.77. The maximum atomic E-state index is 13.1. The van der Waals surface area contributed by atoms with E-state index >= 15 is 0 Å². The van der Waals surface area contributed by atoms with E-state index in [1.807, 2.05) is 6.92 Å². The van der Waals surface area contributed by atoms with Crippen LogP contribution in [-0.4, -0.2) is 64.3 Å². The molecule has 1 aromatic heterocycles. The minimum atomic E-state index is -4.47. The van der Waals surface area contributed by atoms with Gasteiger partial charge >= 0.3 is 6.18 Å². The number of alkyl halides is 3. The normalized spacial score (nSPS) is 18.8. The molecule has 2 rings (SSSR count). The van der Waals surface area contributed by atoms with E-state index in [-0.39, 0.29) is 12.1 Å². The van der Waals surface area contributed by atoms with E-state index in [2.05, 4.69) is 39.1 Å². The first-order valence-electron chi connectivity index (χ1n) is 9.17. The molecule has 0 aliphatic carbocycles. The number of likely N-dealkylation sites (tertiary alicyclic amines) is 1. The van der Waals surface area contributed by atoms with Crippen molar-refractivity contribution in [1.82, 2.24) is 24.9 Å². The number of hydrogen-bond acceptors (Lipinski definition) is 3. The molecule has 1 aliphatic heterocycles. The fourth-order valence-electron chi connectivity index (χ4n) is 3.45. The van der Waals surface area contributed by atoms with Crippen molar-refractivity contribution < 1.29 is 13.2 Å². The van der Waals surface area contributed by atoms with Gasteiger partial charge in [-0.3, -0.25) is 9.58 Å². The predicted octanol–water partition coefficient (Wildman–Crippen LogP) is 2.32. The van der Waals surface area contributed by atoms with Gasteiger partial charge in [-0.15, -0.1) is 0 Å². The molecule has 0 aromatic carbocycles. The van der Waals surface area contributed by atoms with Crippen LogP contribution in [0.4, 0.5) is 13.2 Å². The maximum Gasteiger partial charge on any atom is 0.435 e. The van der Waals surface area contributed by atoms with Crippen molar-refractivity contribution in [2.24, 2.45) is 12.0 Å². The molecule has 1 saturated heterocycles. The molecule has 148 valence electrons. The molecule has 1 aliphatic rings. The Balaban J connectivity index is 2.13. The summed E-state index contributed by atoms with van der Waals surface area (Å²) in [5.41, 5.74) is -0.767. The van der Waals surface area contributed by atoms with Gasteiger partial charge in [0.2, 0.25) is 0 Å². The predicted molar refractivity (Wildman–Crippen MR) is 95.9 cm³/mol. The number of aromatic nitrogens is 2. The molecule has 26 heavy (non-hydrogen) atoms. The number of nitrogens with one attached hydrogen (secondary N) is 1. The third-order valence-electron chi connectivity index (χ3n) is 4.70. The Bertz CT molecular complexity index is 606. The summed E-state index contributed by atoms with van der Waals surface area (Å²) in [6, 6.07) is 0.456. The number of aliphatic imine (C=N–C) groups is 1. The third-order valence-corrected chi connectivity index (χ3v) is 4.70. The zero-order valence-electron chi connectivity index (χ0n) is 16.0. The van der Waals surface area contributed by atoms with E-state index in [4.69, 9.17) is 0 Å². The lowest BCUT2D eigenvalue weighted by atomic mass is 10.2. The Morgan fingerprint density at radius 3 is 2.62 bits per heavy atom. The first-order chi connectivity index (χ1) is 12.3. The molecule has 9 heteroatoms. The largest absolute Gasteiger partial charge is 0.435 e. The highest BCUT2D eigenvalue weighted by Crippen LogP contribution is 2.30. The van der Waals surface area contributed by atoms with Crippen LogP contribution < -0.4 is 5.32 Å². The Labute approximate surface area is 153 Å². The van der Waals surface area contributed by atoms with Gasteiger partial charge in [-0.05, 0) is 26.4 Å². The van der Waals surface area contributed by atoms with Crippen LogP contribution in [0, 0.1) is 0 Å². The van der Waals surface area contributed by atoms with Crippen LogP contribution in [0.1, 0.15) is 38.4 Å². The smallest absolute Gasteiger partial charge is 0.357 e. The van der Waals surface area contributed by atoms with Crippen LogP contribution in [0.5, 0.6) is 0 Å². The number of likely N-dealkylation sites (N-methyl/N-ethyl adjacent to an activating group) is 1. The molecule has 2 heterocycles. The Kier molecular flexibility index (Phi) is 6.91. The molecule has 1 unspecified atom stereocenters. The molecule has 0 spiro atoms. The van der Waals surface area contributed by atoms with Crippen LogP contribution in [0.2, 0.25) is 0 Å². The van der Waals surface area contributed by atoms with Gasteiger partial charge in [-0.1, -0.05) is 13.8 Å². The van der Waals surface area contributed by atoms with Gasteiger partial charge in [-0.25, -0.2) is 4.99 Å². The summed E-state index contributed by atoms with van der Waals surface area (Å²) in [5.74, 6) is 0.666. The van der Waals surface area contributed by atoms with Crippen molar-refractivity contribution in [2.45, 2.75) is 46.0 Å². The van der Waals surface area contributed by atoms with Gasteiger partial charge in [0.1, 0.15) is 0 Å². The molecule has 0 radical (unpaired) electrons. The summed E-state index contributed by atoms with van der Waals surface area (Å²) < 4.78 is 40.5. The first-order valence-corrected chi connectivity index (χ1v) is 9.17. The van der Waals surface area contributed by atoms with Gasteiger partial charge in [0.25, 0.3) is 0 Å². The molecular weight excluding hydrogens is 345 g/mol. The summed E-state index contributed by atoms with van der Waals surface area (Å²) in [6.45, 7) is 10.6. The average Bonchev–Trinajstić information content (AvgIpc) is 3.19. The van der Waals surface area contributed by atoms with E-state index in [1.165, 1.54) is 17.9 Å². The summed E-state index contributed by atoms with van der Waals surface area (Å²) in [4.78, 5) is 9.00. The van der Waals surface area contributed by atoms with Crippen LogP contribution >= 0.6 is 0 Å². The van der Waals surface area contributed by atoms with Crippen molar-refractivity contribution in [1.29, 1.82) is 0 Å². The first kappa shape index (κ1) is 20.5. The van der Waals surface area contributed by atoms with Crippen molar-refractivity contribution in [3.63, 3.8) is 0 Å². The highest BCUT2D eigenvalue weighted by molar-refractivity contribution is 5.80. The molecule has 0 saturated carbocycles. The topological polar surface area (TPSA) is 48.7 Å². The summed E-state index contributed by atoms with van der Waals surface area (Å²) in [5, 5.41) is 6.75. The fourth-order valence-corrected chi connectivity index (χ4v) is 3.45. The molecular formula is C17H29F3N6.